The van der Waals surface area contributed by atoms with Crippen LogP contribution in [0.4, 0.5) is 5.13 Å². The van der Waals surface area contributed by atoms with E-state index in [-0.39, 0.29) is 5.91 Å². The molecule has 20 heavy (non-hydrogen) atoms. The smallest absolute Gasteiger partial charge is 0.236 e. The van der Waals surface area contributed by atoms with Gasteiger partial charge in [0.2, 0.25) is 5.91 Å². The summed E-state index contributed by atoms with van der Waals surface area (Å²) < 4.78 is 0. The number of aromatic nitrogens is 1. The van der Waals surface area contributed by atoms with E-state index < -0.39 is 0 Å². The predicted octanol–water partition coefficient (Wildman–Crippen LogP) is 3.20. The largest absolute Gasteiger partial charge is 0.301 e. The third-order valence-corrected chi connectivity index (χ3v) is 4.33. The van der Waals surface area contributed by atoms with Gasteiger partial charge in [-0.1, -0.05) is 12.1 Å². The van der Waals surface area contributed by atoms with Crippen LogP contribution in [0.2, 0.25) is 0 Å². The van der Waals surface area contributed by atoms with E-state index in [0.717, 1.165) is 17.0 Å². The maximum atomic E-state index is 11.7. The fourth-order valence-electron chi connectivity index (χ4n) is 1.50. The van der Waals surface area contributed by atoms with Gasteiger partial charge in [0, 0.05) is 11.1 Å². The van der Waals surface area contributed by atoms with Crippen molar-refractivity contribution in [3.05, 3.63) is 46.5 Å². The number of aryl methyl sites for hydroxylation is 1. The molecule has 0 aliphatic rings. The van der Waals surface area contributed by atoms with Crippen molar-refractivity contribution >= 4 is 34.1 Å². The van der Waals surface area contributed by atoms with Crippen LogP contribution in [0.15, 0.2) is 29.6 Å². The number of benzene rings is 1. The van der Waals surface area contributed by atoms with Gasteiger partial charge in [-0.25, -0.2) is 4.98 Å². The van der Waals surface area contributed by atoms with Crippen LogP contribution in [0.25, 0.3) is 0 Å². The number of carbonyl (C=O) groups is 1. The lowest BCUT2D eigenvalue weighted by atomic mass is 10.2. The number of rotatable bonds is 5. The number of carbonyl (C=O) groups excluding carboxylic acids is 1. The molecule has 102 valence electrons. The highest BCUT2D eigenvalue weighted by Gasteiger charge is 2.05. The number of amides is 1. The number of hydrogen-bond donors (Lipinski definition) is 1. The van der Waals surface area contributed by atoms with Gasteiger partial charge >= 0.3 is 0 Å². The van der Waals surface area contributed by atoms with Crippen molar-refractivity contribution in [2.24, 2.45) is 0 Å². The topological polar surface area (TPSA) is 65.8 Å². The molecule has 6 heteroatoms. The molecule has 0 saturated heterocycles. The molecule has 1 aromatic carbocycles. The van der Waals surface area contributed by atoms with Gasteiger partial charge in [0.15, 0.2) is 5.13 Å². The molecule has 1 N–H and O–H groups in total. The van der Waals surface area contributed by atoms with Crippen molar-refractivity contribution in [2.75, 3.05) is 11.1 Å². The van der Waals surface area contributed by atoms with Crippen molar-refractivity contribution in [3.8, 4) is 6.07 Å². The Labute approximate surface area is 125 Å². The number of nitrogens with zero attached hydrogens (tertiary/aromatic N) is 2. The Morgan fingerprint density at radius 1 is 1.45 bits per heavy atom. The number of hydrogen-bond acceptors (Lipinski definition) is 5. The van der Waals surface area contributed by atoms with Crippen LogP contribution < -0.4 is 5.32 Å². The van der Waals surface area contributed by atoms with Gasteiger partial charge in [0.1, 0.15) is 0 Å². The highest BCUT2D eigenvalue weighted by molar-refractivity contribution is 7.99. The van der Waals surface area contributed by atoms with E-state index in [9.17, 15) is 4.79 Å². The van der Waals surface area contributed by atoms with Gasteiger partial charge in [0.05, 0.1) is 23.1 Å². The second-order valence-corrected chi connectivity index (χ2v) is 5.99. The predicted molar refractivity (Wildman–Crippen MR) is 82.8 cm³/mol. The Kier molecular flexibility index (Phi) is 5.16. The van der Waals surface area contributed by atoms with E-state index in [1.807, 2.05) is 24.4 Å². The average Bonchev–Trinajstić information content (AvgIpc) is 2.85. The van der Waals surface area contributed by atoms with E-state index in [1.165, 1.54) is 23.1 Å². The molecular weight excluding hydrogens is 290 g/mol. The third-order valence-electron chi connectivity index (χ3n) is 2.45. The van der Waals surface area contributed by atoms with Crippen LogP contribution in [0, 0.1) is 18.3 Å². The molecule has 1 aromatic heterocycles. The molecule has 4 nitrogen and oxygen atoms in total. The molecule has 0 aliphatic carbocycles. The van der Waals surface area contributed by atoms with Crippen LogP contribution in [0.1, 0.15) is 16.8 Å². The number of anilines is 1. The van der Waals surface area contributed by atoms with Crippen molar-refractivity contribution in [1.29, 1.82) is 5.26 Å². The zero-order valence-electron chi connectivity index (χ0n) is 10.9. The average molecular weight is 303 g/mol. The lowest BCUT2D eigenvalue weighted by Crippen LogP contribution is -2.13. The first-order valence-electron chi connectivity index (χ1n) is 5.96. The summed E-state index contributed by atoms with van der Waals surface area (Å²) >= 11 is 2.96. The molecule has 0 radical (unpaired) electrons. The van der Waals surface area contributed by atoms with Crippen molar-refractivity contribution in [3.63, 3.8) is 0 Å². The van der Waals surface area contributed by atoms with E-state index in [0.29, 0.717) is 16.4 Å². The minimum Gasteiger partial charge on any atom is -0.301 e. The number of nitrogens with one attached hydrogen (secondary N) is 1. The molecule has 1 heterocycles. The van der Waals surface area contributed by atoms with E-state index >= 15 is 0 Å². The Morgan fingerprint density at radius 2 is 2.20 bits per heavy atom. The molecular formula is C14H13N3OS2. The molecule has 0 fully saturated rings. The summed E-state index contributed by atoms with van der Waals surface area (Å²) in [6, 6.07) is 9.47. The zero-order chi connectivity index (χ0) is 14.4. The van der Waals surface area contributed by atoms with Gasteiger partial charge < -0.3 is 5.32 Å². The van der Waals surface area contributed by atoms with Crippen LogP contribution in [0.3, 0.4) is 0 Å². The molecule has 2 aromatic rings. The fraction of sp³-hybridized carbons (Fsp3) is 0.214. The minimum atomic E-state index is -0.0435. The first-order chi connectivity index (χ1) is 9.67. The lowest BCUT2D eigenvalue weighted by Gasteiger charge is -2.02. The summed E-state index contributed by atoms with van der Waals surface area (Å²) in [5, 5.41) is 14.0. The molecule has 0 bridgehead atoms. The summed E-state index contributed by atoms with van der Waals surface area (Å²) in [6.07, 6.45) is 0. The maximum absolute atomic E-state index is 11.7. The zero-order valence-corrected chi connectivity index (χ0v) is 12.6. The van der Waals surface area contributed by atoms with Crippen LogP contribution in [-0.4, -0.2) is 16.6 Å². The summed E-state index contributed by atoms with van der Waals surface area (Å²) in [4.78, 5) is 15.9. The quantitative estimate of drug-likeness (QED) is 0.921. The van der Waals surface area contributed by atoms with Crippen molar-refractivity contribution in [1.82, 2.24) is 4.98 Å². The van der Waals surface area contributed by atoms with E-state index in [1.54, 1.807) is 12.1 Å². The lowest BCUT2D eigenvalue weighted by molar-refractivity contribution is -0.113. The van der Waals surface area contributed by atoms with Gasteiger partial charge in [-0.15, -0.1) is 23.1 Å². The number of thiazole rings is 1. The van der Waals surface area contributed by atoms with Crippen LogP contribution in [-0.2, 0) is 10.5 Å². The monoisotopic (exact) mass is 303 g/mol. The van der Waals surface area contributed by atoms with Gasteiger partial charge in [0.25, 0.3) is 0 Å². The summed E-state index contributed by atoms with van der Waals surface area (Å²) in [5.74, 6) is 1.09. The first kappa shape index (κ1) is 14.6. The maximum Gasteiger partial charge on any atom is 0.236 e. The second kappa shape index (κ2) is 7.08. The molecule has 1 amide bonds. The summed E-state index contributed by atoms with van der Waals surface area (Å²) in [7, 11) is 0. The minimum absolute atomic E-state index is 0.0435. The molecule has 2 rings (SSSR count). The van der Waals surface area contributed by atoms with Crippen molar-refractivity contribution in [2.45, 2.75) is 12.7 Å². The molecule has 0 spiro atoms. The fourth-order valence-corrected chi connectivity index (χ4v) is 3.00. The Morgan fingerprint density at radius 3 is 2.80 bits per heavy atom. The molecule has 0 unspecified atom stereocenters. The normalized spacial score (nSPS) is 10.0. The SMILES string of the molecule is Cc1csc(NC(=O)CSCc2ccc(C#N)cc2)n1. The molecule has 0 saturated carbocycles. The summed E-state index contributed by atoms with van der Waals surface area (Å²) in [6.45, 7) is 1.89. The highest BCUT2D eigenvalue weighted by atomic mass is 32.2. The van der Waals surface area contributed by atoms with Gasteiger partial charge in [-0.05, 0) is 24.6 Å². The molecule has 0 atom stereocenters. The highest BCUT2D eigenvalue weighted by Crippen LogP contribution is 2.16. The standard InChI is InChI=1S/C14H13N3OS2/c1-10-7-20-14(16-10)17-13(18)9-19-8-12-4-2-11(6-15)3-5-12/h2-5,7H,8-9H2,1H3,(H,16,17,18). The van der Waals surface area contributed by atoms with Crippen LogP contribution >= 0.6 is 23.1 Å². The third kappa shape index (κ3) is 4.37. The molecule has 0 aliphatic heterocycles. The van der Waals surface area contributed by atoms with Gasteiger partial charge in [-0.3, -0.25) is 4.79 Å². The van der Waals surface area contributed by atoms with Crippen molar-refractivity contribution < 1.29 is 4.79 Å². The Balaban J connectivity index is 1.75. The Bertz CT molecular complexity index is 629. The van der Waals surface area contributed by atoms with E-state index in [2.05, 4.69) is 16.4 Å². The van der Waals surface area contributed by atoms with E-state index in [4.69, 9.17) is 5.26 Å². The van der Waals surface area contributed by atoms with Gasteiger partial charge in [-0.2, -0.15) is 5.26 Å². The summed E-state index contributed by atoms with van der Waals surface area (Å²) in [5.41, 5.74) is 2.66. The Hall–Kier alpha value is -1.84. The number of thioether (sulfide) groups is 1. The number of nitriles is 1. The van der Waals surface area contributed by atoms with Crippen LogP contribution in [0.5, 0.6) is 0 Å². The second-order valence-electron chi connectivity index (χ2n) is 4.14. The first-order valence-corrected chi connectivity index (χ1v) is 7.99.